The lowest BCUT2D eigenvalue weighted by Gasteiger charge is -2.25. The number of ether oxygens (including phenoxy) is 1. The Balaban J connectivity index is 2.31. The van der Waals surface area contributed by atoms with Crippen LogP contribution in [0.5, 0.6) is 5.75 Å². The van der Waals surface area contributed by atoms with Gasteiger partial charge in [-0.2, -0.15) is 13.2 Å². The van der Waals surface area contributed by atoms with Crippen molar-refractivity contribution in [1.82, 2.24) is 0 Å². The molecular formula is C20H18Cl2F3N3O4. The summed E-state index contributed by atoms with van der Waals surface area (Å²) >= 11 is 11.2. The molecule has 0 aromatic heterocycles. The summed E-state index contributed by atoms with van der Waals surface area (Å²) in [4.78, 5) is 36.7. The van der Waals surface area contributed by atoms with Gasteiger partial charge >= 0.3 is 12.1 Å². The predicted molar refractivity (Wildman–Crippen MR) is 115 cm³/mol. The summed E-state index contributed by atoms with van der Waals surface area (Å²) in [5, 5.41) is 4.08. The van der Waals surface area contributed by atoms with Crippen molar-refractivity contribution in [3.8, 4) is 5.75 Å². The Morgan fingerprint density at radius 2 is 1.66 bits per heavy atom. The van der Waals surface area contributed by atoms with Crippen LogP contribution in [0.3, 0.4) is 0 Å². The third-order valence-electron chi connectivity index (χ3n) is 3.94. The van der Waals surface area contributed by atoms with E-state index in [1.807, 2.05) is 0 Å². The first-order valence-corrected chi connectivity index (χ1v) is 10.1. The number of hydrogen-bond acceptors (Lipinski definition) is 4. The van der Waals surface area contributed by atoms with Crippen LogP contribution in [-0.2, 0) is 14.4 Å². The third-order valence-corrected chi connectivity index (χ3v) is 4.41. The van der Waals surface area contributed by atoms with Gasteiger partial charge in [0.15, 0.2) is 0 Å². The van der Waals surface area contributed by atoms with Crippen LogP contribution in [0.15, 0.2) is 48.5 Å². The quantitative estimate of drug-likeness (QED) is 0.518. The number of halogens is 5. The standard InChI is InChI=1S/C20H18Cl2F3N3O4/c21-11-17(29)27-15-10-13(26-19(31)20(23,24)25)6-7-16(15)28(18(30)12-22)8-9-32-14-4-2-1-3-5-14/h1-7,10H,8-9,11-12H2,(H,26,31)(H,27,29). The van der Waals surface area contributed by atoms with Gasteiger partial charge in [0.2, 0.25) is 11.8 Å². The zero-order chi connectivity index (χ0) is 23.7. The van der Waals surface area contributed by atoms with E-state index >= 15 is 0 Å². The fourth-order valence-corrected chi connectivity index (χ4v) is 2.77. The van der Waals surface area contributed by atoms with Crippen LogP contribution in [0.1, 0.15) is 0 Å². The number of amides is 3. The Morgan fingerprint density at radius 1 is 0.969 bits per heavy atom. The number of benzene rings is 2. The molecule has 0 atom stereocenters. The molecular weight excluding hydrogens is 474 g/mol. The third kappa shape index (κ3) is 7.31. The number of anilines is 3. The zero-order valence-corrected chi connectivity index (χ0v) is 17.9. The Bertz CT molecular complexity index is 959. The second-order valence-electron chi connectivity index (χ2n) is 6.21. The fourth-order valence-electron chi connectivity index (χ4n) is 2.56. The van der Waals surface area contributed by atoms with Gasteiger partial charge in [-0.3, -0.25) is 14.4 Å². The lowest BCUT2D eigenvalue weighted by Crippen LogP contribution is -2.36. The summed E-state index contributed by atoms with van der Waals surface area (Å²) in [7, 11) is 0. The molecule has 2 N–H and O–H groups in total. The van der Waals surface area contributed by atoms with Crippen molar-refractivity contribution in [2.45, 2.75) is 6.18 Å². The highest BCUT2D eigenvalue weighted by Gasteiger charge is 2.38. The first kappa shape index (κ1) is 25.3. The van der Waals surface area contributed by atoms with Crippen molar-refractivity contribution in [2.24, 2.45) is 0 Å². The van der Waals surface area contributed by atoms with E-state index in [1.54, 1.807) is 35.6 Å². The van der Waals surface area contributed by atoms with E-state index in [0.717, 1.165) is 12.1 Å². The fraction of sp³-hybridized carbons (Fsp3) is 0.250. The molecule has 172 valence electrons. The highest BCUT2D eigenvalue weighted by atomic mass is 35.5. The van der Waals surface area contributed by atoms with Gasteiger partial charge in [0.25, 0.3) is 0 Å². The average molecular weight is 492 g/mol. The summed E-state index contributed by atoms with van der Waals surface area (Å²) in [5.74, 6) is -3.70. The Morgan fingerprint density at radius 3 is 2.25 bits per heavy atom. The molecule has 0 spiro atoms. The molecule has 0 unspecified atom stereocenters. The number of carbonyl (C=O) groups is 3. The molecule has 0 radical (unpaired) electrons. The Hall–Kier alpha value is -2.98. The van der Waals surface area contributed by atoms with E-state index in [1.165, 1.54) is 11.0 Å². The van der Waals surface area contributed by atoms with Gasteiger partial charge < -0.3 is 20.3 Å². The highest BCUT2D eigenvalue weighted by Crippen LogP contribution is 2.31. The van der Waals surface area contributed by atoms with Gasteiger partial charge in [-0.15, -0.1) is 23.2 Å². The van der Waals surface area contributed by atoms with Crippen molar-refractivity contribution < 1.29 is 32.3 Å². The van der Waals surface area contributed by atoms with Crippen molar-refractivity contribution in [3.05, 3.63) is 48.5 Å². The lowest BCUT2D eigenvalue weighted by atomic mass is 10.2. The van der Waals surface area contributed by atoms with E-state index < -0.39 is 35.7 Å². The van der Waals surface area contributed by atoms with Crippen LogP contribution in [-0.4, -0.2) is 48.8 Å². The average Bonchev–Trinajstić information content (AvgIpc) is 2.77. The van der Waals surface area contributed by atoms with E-state index in [-0.39, 0.29) is 30.2 Å². The maximum Gasteiger partial charge on any atom is 0.471 e. The normalized spacial score (nSPS) is 10.9. The summed E-state index contributed by atoms with van der Waals surface area (Å²) in [5.41, 5.74) is -0.163. The SMILES string of the molecule is O=C(CCl)Nc1cc(NC(=O)C(F)(F)F)ccc1N(CCOc1ccccc1)C(=O)CCl. The molecule has 3 amide bonds. The molecule has 0 heterocycles. The van der Waals surface area contributed by atoms with Crippen LogP contribution in [0.25, 0.3) is 0 Å². The number of para-hydroxylation sites is 1. The van der Waals surface area contributed by atoms with Gasteiger partial charge in [-0.05, 0) is 30.3 Å². The first-order valence-electron chi connectivity index (χ1n) is 9.08. The van der Waals surface area contributed by atoms with Gasteiger partial charge in [0, 0.05) is 5.69 Å². The molecule has 32 heavy (non-hydrogen) atoms. The minimum atomic E-state index is -5.10. The predicted octanol–water partition coefficient (Wildman–Crippen LogP) is 4.02. The van der Waals surface area contributed by atoms with Gasteiger partial charge in [0.1, 0.15) is 24.1 Å². The number of hydrogen-bond donors (Lipinski definition) is 2. The molecule has 2 rings (SSSR count). The largest absolute Gasteiger partial charge is 0.492 e. The number of rotatable bonds is 9. The molecule has 0 saturated heterocycles. The number of nitrogens with one attached hydrogen (secondary N) is 2. The molecule has 0 bridgehead atoms. The van der Waals surface area contributed by atoms with Crippen molar-refractivity contribution >= 4 is 58.0 Å². The molecule has 0 aliphatic rings. The van der Waals surface area contributed by atoms with Crippen LogP contribution in [0.4, 0.5) is 30.2 Å². The molecule has 0 aliphatic carbocycles. The minimum Gasteiger partial charge on any atom is -0.492 e. The molecule has 0 saturated carbocycles. The summed E-state index contributed by atoms with van der Waals surface area (Å²) < 4.78 is 43.3. The topological polar surface area (TPSA) is 87.7 Å². The second-order valence-corrected chi connectivity index (χ2v) is 6.74. The van der Waals surface area contributed by atoms with Crippen molar-refractivity contribution in [2.75, 3.05) is 40.4 Å². The van der Waals surface area contributed by atoms with Crippen molar-refractivity contribution in [3.63, 3.8) is 0 Å². The molecule has 2 aromatic rings. The summed E-state index contributed by atoms with van der Waals surface area (Å²) in [6.07, 6.45) is -5.10. The minimum absolute atomic E-state index is 0.0124. The summed E-state index contributed by atoms with van der Waals surface area (Å²) in [6, 6.07) is 12.3. The Labute approximate surface area is 191 Å². The second kappa shape index (κ2) is 11.6. The molecule has 0 aliphatic heterocycles. The number of carbonyl (C=O) groups excluding carboxylic acids is 3. The van der Waals surface area contributed by atoms with Crippen molar-refractivity contribution in [1.29, 1.82) is 0 Å². The maximum atomic E-state index is 12.6. The van der Waals surface area contributed by atoms with Gasteiger partial charge in [-0.25, -0.2) is 0 Å². The van der Waals surface area contributed by atoms with Gasteiger partial charge in [0.05, 0.1) is 17.9 Å². The molecule has 12 heteroatoms. The number of nitrogens with zero attached hydrogens (tertiary/aromatic N) is 1. The van der Waals surface area contributed by atoms with E-state index in [9.17, 15) is 27.6 Å². The highest BCUT2D eigenvalue weighted by molar-refractivity contribution is 6.30. The number of alkyl halides is 5. The van der Waals surface area contributed by atoms with Gasteiger partial charge in [-0.1, -0.05) is 18.2 Å². The van der Waals surface area contributed by atoms with Crippen LogP contribution >= 0.6 is 23.2 Å². The van der Waals surface area contributed by atoms with Crippen LogP contribution in [0.2, 0.25) is 0 Å². The molecule has 7 nitrogen and oxygen atoms in total. The van der Waals surface area contributed by atoms with E-state index in [0.29, 0.717) is 5.75 Å². The van der Waals surface area contributed by atoms with Crippen LogP contribution in [0, 0.1) is 0 Å². The first-order chi connectivity index (χ1) is 15.2. The lowest BCUT2D eigenvalue weighted by molar-refractivity contribution is -0.167. The smallest absolute Gasteiger partial charge is 0.471 e. The summed E-state index contributed by atoms with van der Waals surface area (Å²) in [6.45, 7) is 0.0700. The van der Waals surface area contributed by atoms with E-state index in [4.69, 9.17) is 27.9 Å². The molecule has 0 fully saturated rings. The maximum absolute atomic E-state index is 12.6. The Kier molecular flexibility index (Phi) is 9.15. The van der Waals surface area contributed by atoms with E-state index in [2.05, 4.69) is 5.32 Å². The van der Waals surface area contributed by atoms with Crippen LogP contribution < -0.4 is 20.3 Å². The monoisotopic (exact) mass is 491 g/mol. The zero-order valence-electron chi connectivity index (χ0n) is 16.4. The molecule has 2 aromatic carbocycles.